The number of nitrogens with one attached hydrogen (secondary N) is 2. The van der Waals surface area contributed by atoms with Gasteiger partial charge in [-0.05, 0) is 41.6 Å². The standard InChI is InChI=1S/C18H21N3O2S/c1-24-16-8-4-14(5-9-16)11-20-10-13-2-6-15(7-3-13)18(23)21-12-17(19)22/h2-9,20H,10-12H2,1H3,(H2,19,22)(H,21,23). The van der Waals surface area contributed by atoms with Crippen LogP contribution in [0.1, 0.15) is 21.5 Å². The molecule has 126 valence electrons. The predicted octanol–water partition coefficient (Wildman–Crippen LogP) is 1.91. The zero-order chi connectivity index (χ0) is 17.4. The molecule has 0 unspecified atom stereocenters. The van der Waals surface area contributed by atoms with Gasteiger partial charge in [-0.1, -0.05) is 24.3 Å². The molecule has 0 heterocycles. The number of amides is 2. The highest BCUT2D eigenvalue weighted by atomic mass is 32.2. The summed E-state index contributed by atoms with van der Waals surface area (Å²) in [4.78, 5) is 23.7. The average molecular weight is 343 g/mol. The fraction of sp³-hybridized carbons (Fsp3) is 0.222. The smallest absolute Gasteiger partial charge is 0.251 e. The van der Waals surface area contributed by atoms with Crippen molar-refractivity contribution in [2.75, 3.05) is 12.8 Å². The van der Waals surface area contributed by atoms with Gasteiger partial charge in [0.2, 0.25) is 5.91 Å². The van der Waals surface area contributed by atoms with E-state index in [1.807, 2.05) is 12.1 Å². The first kappa shape index (κ1) is 18.0. The summed E-state index contributed by atoms with van der Waals surface area (Å²) >= 11 is 1.73. The van der Waals surface area contributed by atoms with Crippen LogP contribution in [-0.4, -0.2) is 24.6 Å². The monoisotopic (exact) mass is 343 g/mol. The Labute approximate surface area is 146 Å². The maximum Gasteiger partial charge on any atom is 0.251 e. The maximum absolute atomic E-state index is 11.8. The number of carbonyl (C=O) groups is 2. The summed E-state index contributed by atoms with van der Waals surface area (Å²) in [7, 11) is 0. The van der Waals surface area contributed by atoms with Crippen LogP contribution in [0.25, 0.3) is 0 Å². The van der Waals surface area contributed by atoms with Crippen LogP contribution in [0, 0.1) is 0 Å². The summed E-state index contributed by atoms with van der Waals surface area (Å²) < 4.78 is 0. The molecule has 0 fully saturated rings. The second-order valence-electron chi connectivity index (χ2n) is 5.30. The van der Waals surface area contributed by atoms with E-state index in [1.165, 1.54) is 10.5 Å². The summed E-state index contributed by atoms with van der Waals surface area (Å²) in [5.74, 6) is -0.864. The molecule has 24 heavy (non-hydrogen) atoms. The Bertz CT molecular complexity index is 684. The number of hydrogen-bond donors (Lipinski definition) is 3. The van der Waals surface area contributed by atoms with Crippen molar-refractivity contribution in [3.8, 4) is 0 Å². The van der Waals surface area contributed by atoms with E-state index < -0.39 is 5.91 Å². The molecule has 2 aromatic rings. The van der Waals surface area contributed by atoms with E-state index in [0.29, 0.717) is 12.1 Å². The molecule has 0 spiro atoms. The van der Waals surface area contributed by atoms with Crippen LogP contribution in [0.4, 0.5) is 0 Å². The molecule has 0 atom stereocenters. The Morgan fingerprint density at radius 3 is 2.00 bits per heavy atom. The van der Waals surface area contributed by atoms with Crippen molar-refractivity contribution in [2.45, 2.75) is 18.0 Å². The zero-order valence-corrected chi connectivity index (χ0v) is 14.4. The molecule has 2 aromatic carbocycles. The van der Waals surface area contributed by atoms with Crippen LogP contribution in [-0.2, 0) is 17.9 Å². The molecule has 0 saturated heterocycles. The Morgan fingerprint density at radius 2 is 1.50 bits per heavy atom. The first-order chi connectivity index (χ1) is 11.6. The number of hydrogen-bond acceptors (Lipinski definition) is 4. The van der Waals surface area contributed by atoms with Gasteiger partial charge in [-0.3, -0.25) is 9.59 Å². The van der Waals surface area contributed by atoms with E-state index in [1.54, 1.807) is 23.9 Å². The lowest BCUT2D eigenvalue weighted by molar-refractivity contribution is -0.117. The predicted molar refractivity (Wildman–Crippen MR) is 96.7 cm³/mol. The lowest BCUT2D eigenvalue weighted by Gasteiger charge is -2.07. The van der Waals surface area contributed by atoms with E-state index in [9.17, 15) is 9.59 Å². The molecule has 0 aliphatic heterocycles. The van der Waals surface area contributed by atoms with E-state index in [4.69, 9.17) is 5.73 Å². The van der Waals surface area contributed by atoms with E-state index in [0.717, 1.165) is 12.1 Å². The molecule has 0 aliphatic carbocycles. The topological polar surface area (TPSA) is 84.2 Å². The molecule has 2 amide bonds. The van der Waals surface area contributed by atoms with Crippen LogP contribution < -0.4 is 16.4 Å². The first-order valence-electron chi connectivity index (χ1n) is 7.57. The number of thioether (sulfide) groups is 1. The first-order valence-corrected chi connectivity index (χ1v) is 8.80. The maximum atomic E-state index is 11.8. The molecule has 0 aliphatic rings. The number of carbonyl (C=O) groups excluding carboxylic acids is 2. The molecule has 0 radical (unpaired) electrons. The summed E-state index contributed by atoms with van der Waals surface area (Å²) in [6.07, 6.45) is 2.06. The molecular formula is C18H21N3O2S. The Kier molecular flexibility index (Phi) is 6.84. The summed E-state index contributed by atoms with van der Waals surface area (Å²) in [6, 6.07) is 15.7. The minimum atomic E-state index is -0.560. The molecule has 0 aromatic heterocycles. The van der Waals surface area contributed by atoms with Gasteiger partial charge in [-0.25, -0.2) is 0 Å². The third kappa shape index (κ3) is 5.72. The third-order valence-corrected chi connectivity index (χ3v) is 4.20. The second kappa shape index (κ2) is 9.10. The summed E-state index contributed by atoms with van der Waals surface area (Å²) in [5.41, 5.74) is 7.82. The van der Waals surface area contributed by atoms with E-state index in [-0.39, 0.29) is 12.5 Å². The molecule has 6 heteroatoms. The van der Waals surface area contributed by atoms with Gasteiger partial charge in [0.15, 0.2) is 0 Å². The van der Waals surface area contributed by atoms with E-state index >= 15 is 0 Å². The number of rotatable bonds is 8. The van der Waals surface area contributed by atoms with Crippen LogP contribution in [0.2, 0.25) is 0 Å². The second-order valence-corrected chi connectivity index (χ2v) is 6.18. The highest BCUT2D eigenvalue weighted by Crippen LogP contribution is 2.14. The molecular weight excluding hydrogens is 322 g/mol. The summed E-state index contributed by atoms with van der Waals surface area (Å²) in [5, 5.41) is 5.84. The molecule has 4 N–H and O–H groups in total. The van der Waals surface area contributed by atoms with Crippen LogP contribution in [0.5, 0.6) is 0 Å². The molecule has 0 saturated carbocycles. The third-order valence-electron chi connectivity index (χ3n) is 3.46. The van der Waals surface area contributed by atoms with Gasteiger partial charge in [0, 0.05) is 23.5 Å². The summed E-state index contributed by atoms with van der Waals surface area (Å²) in [6.45, 7) is 1.35. The molecule has 2 rings (SSSR count). The molecule has 5 nitrogen and oxygen atoms in total. The van der Waals surface area contributed by atoms with Gasteiger partial charge in [0.1, 0.15) is 0 Å². The van der Waals surface area contributed by atoms with Crippen molar-refractivity contribution < 1.29 is 9.59 Å². The van der Waals surface area contributed by atoms with Crippen molar-refractivity contribution in [3.05, 3.63) is 65.2 Å². The van der Waals surface area contributed by atoms with Crippen molar-refractivity contribution in [2.24, 2.45) is 5.73 Å². The Hall–Kier alpha value is -2.31. The highest BCUT2D eigenvalue weighted by molar-refractivity contribution is 7.98. The van der Waals surface area contributed by atoms with Gasteiger partial charge < -0.3 is 16.4 Å². The fourth-order valence-electron chi connectivity index (χ4n) is 2.14. The highest BCUT2D eigenvalue weighted by Gasteiger charge is 2.06. The zero-order valence-electron chi connectivity index (χ0n) is 13.5. The minimum absolute atomic E-state index is 0.155. The van der Waals surface area contributed by atoms with Gasteiger partial charge in [-0.15, -0.1) is 11.8 Å². The number of primary amides is 1. The van der Waals surface area contributed by atoms with Crippen molar-refractivity contribution in [1.29, 1.82) is 0 Å². The van der Waals surface area contributed by atoms with Crippen LogP contribution >= 0.6 is 11.8 Å². The largest absolute Gasteiger partial charge is 0.368 e. The van der Waals surface area contributed by atoms with Gasteiger partial charge in [0.05, 0.1) is 6.54 Å². The number of benzene rings is 2. The lowest BCUT2D eigenvalue weighted by Crippen LogP contribution is -2.33. The van der Waals surface area contributed by atoms with Crippen molar-refractivity contribution in [1.82, 2.24) is 10.6 Å². The lowest BCUT2D eigenvalue weighted by atomic mass is 10.1. The van der Waals surface area contributed by atoms with Gasteiger partial charge in [-0.2, -0.15) is 0 Å². The van der Waals surface area contributed by atoms with Gasteiger partial charge >= 0.3 is 0 Å². The van der Waals surface area contributed by atoms with Crippen molar-refractivity contribution >= 4 is 23.6 Å². The normalized spacial score (nSPS) is 10.4. The number of nitrogens with two attached hydrogens (primary N) is 1. The minimum Gasteiger partial charge on any atom is -0.368 e. The fourth-order valence-corrected chi connectivity index (χ4v) is 2.55. The quantitative estimate of drug-likeness (QED) is 0.639. The van der Waals surface area contributed by atoms with Crippen LogP contribution in [0.15, 0.2) is 53.4 Å². The Balaban J connectivity index is 1.80. The average Bonchev–Trinajstić information content (AvgIpc) is 2.61. The molecule has 0 bridgehead atoms. The Morgan fingerprint density at radius 1 is 0.958 bits per heavy atom. The van der Waals surface area contributed by atoms with E-state index in [2.05, 4.69) is 41.2 Å². The van der Waals surface area contributed by atoms with Crippen LogP contribution in [0.3, 0.4) is 0 Å². The SMILES string of the molecule is CSc1ccc(CNCc2ccc(C(=O)NCC(N)=O)cc2)cc1. The van der Waals surface area contributed by atoms with Crippen molar-refractivity contribution in [3.63, 3.8) is 0 Å². The van der Waals surface area contributed by atoms with Gasteiger partial charge in [0.25, 0.3) is 5.91 Å².